The molecular weight excluding hydrogens is 338 g/mol. The molecule has 2 amide bonds. The van der Waals surface area contributed by atoms with Crippen LogP contribution in [0.2, 0.25) is 0 Å². The van der Waals surface area contributed by atoms with Gasteiger partial charge in [-0.2, -0.15) is 0 Å². The van der Waals surface area contributed by atoms with E-state index in [1.165, 1.54) is 12.8 Å². The summed E-state index contributed by atoms with van der Waals surface area (Å²) in [5.41, 5.74) is 1.98. The highest BCUT2D eigenvalue weighted by atomic mass is 16.2. The first-order valence-electron chi connectivity index (χ1n) is 10.6. The Morgan fingerprint density at radius 3 is 2.37 bits per heavy atom. The topological polar surface area (TPSA) is 62.3 Å². The van der Waals surface area contributed by atoms with E-state index in [-0.39, 0.29) is 23.8 Å². The maximum Gasteiger partial charge on any atom is 0.225 e. The number of aryl methyl sites for hydroxylation is 1. The first-order chi connectivity index (χ1) is 13.1. The van der Waals surface area contributed by atoms with E-state index >= 15 is 0 Å². The van der Waals surface area contributed by atoms with Gasteiger partial charge in [-0.15, -0.1) is 0 Å². The molecule has 1 aliphatic heterocycles. The Kier molecular flexibility index (Phi) is 5.46. The summed E-state index contributed by atoms with van der Waals surface area (Å²) >= 11 is 0. The van der Waals surface area contributed by atoms with Crippen molar-refractivity contribution in [1.29, 1.82) is 0 Å². The predicted molar refractivity (Wildman–Crippen MR) is 104 cm³/mol. The standard InChI is InChI=1S/C22H31N3O2/c1-15-5-4-8-19(23-15)20(16-9-10-16)24-21(26)17-11-13-25(14-12-17)22(27)18-6-2-3-7-18/h4-5,8,16-18,20H,2-3,6-7,9-14H2,1H3,(H,24,26)/t20-/m0/s1. The van der Waals surface area contributed by atoms with Gasteiger partial charge in [-0.1, -0.05) is 18.9 Å². The number of hydrogen-bond acceptors (Lipinski definition) is 3. The Hall–Kier alpha value is -1.91. The summed E-state index contributed by atoms with van der Waals surface area (Å²) in [7, 11) is 0. The summed E-state index contributed by atoms with van der Waals surface area (Å²) < 4.78 is 0. The number of rotatable bonds is 5. The summed E-state index contributed by atoms with van der Waals surface area (Å²) in [5, 5.41) is 3.29. The van der Waals surface area contributed by atoms with Gasteiger partial charge in [0.2, 0.25) is 11.8 Å². The maximum absolute atomic E-state index is 12.9. The lowest BCUT2D eigenvalue weighted by Gasteiger charge is -2.33. The van der Waals surface area contributed by atoms with E-state index < -0.39 is 0 Å². The number of nitrogens with zero attached hydrogens (tertiary/aromatic N) is 2. The van der Waals surface area contributed by atoms with Crippen molar-refractivity contribution in [3.8, 4) is 0 Å². The second-order valence-corrected chi connectivity index (χ2v) is 8.61. The third-order valence-electron chi connectivity index (χ3n) is 6.50. The third kappa shape index (κ3) is 4.33. The molecule has 4 rings (SSSR count). The van der Waals surface area contributed by atoms with Crippen LogP contribution in [0.1, 0.15) is 68.8 Å². The Labute approximate surface area is 161 Å². The average molecular weight is 370 g/mol. The normalized spacial score (nSPS) is 22.6. The number of piperidine rings is 1. The minimum atomic E-state index is 0.0173. The molecule has 1 aromatic heterocycles. The lowest BCUT2D eigenvalue weighted by Crippen LogP contribution is -2.45. The van der Waals surface area contributed by atoms with Crippen molar-refractivity contribution in [2.24, 2.45) is 17.8 Å². The van der Waals surface area contributed by atoms with Gasteiger partial charge in [0.05, 0.1) is 11.7 Å². The van der Waals surface area contributed by atoms with E-state index in [4.69, 9.17) is 0 Å². The number of carbonyl (C=O) groups is 2. The van der Waals surface area contributed by atoms with E-state index in [0.717, 1.165) is 63.0 Å². The van der Waals surface area contributed by atoms with Crippen molar-refractivity contribution in [1.82, 2.24) is 15.2 Å². The van der Waals surface area contributed by atoms with Gasteiger partial charge in [0, 0.05) is 30.6 Å². The lowest BCUT2D eigenvalue weighted by atomic mass is 9.93. The van der Waals surface area contributed by atoms with Crippen LogP contribution in [-0.4, -0.2) is 34.8 Å². The lowest BCUT2D eigenvalue weighted by molar-refractivity contribution is -0.139. The zero-order valence-corrected chi connectivity index (χ0v) is 16.3. The molecule has 2 saturated carbocycles. The zero-order chi connectivity index (χ0) is 18.8. The zero-order valence-electron chi connectivity index (χ0n) is 16.3. The molecule has 3 aliphatic rings. The summed E-state index contributed by atoms with van der Waals surface area (Å²) in [6, 6.07) is 6.08. The molecule has 5 nitrogen and oxygen atoms in total. The second-order valence-electron chi connectivity index (χ2n) is 8.61. The third-order valence-corrected chi connectivity index (χ3v) is 6.50. The Bertz CT molecular complexity index is 687. The van der Waals surface area contributed by atoms with Crippen molar-refractivity contribution in [3.63, 3.8) is 0 Å². The molecule has 27 heavy (non-hydrogen) atoms. The molecule has 0 aromatic carbocycles. The minimum Gasteiger partial charge on any atom is -0.347 e. The van der Waals surface area contributed by atoms with Crippen molar-refractivity contribution in [2.45, 2.75) is 64.3 Å². The molecule has 0 bridgehead atoms. The number of pyridine rings is 1. The summed E-state index contributed by atoms with van der Waals surface area (Å²) in [4.78, 5) is 32.1. The van der Waals surface area contributed by atoms with Gasteiger partial charge in [-0.25, -0.2) is 0 Å². The van der Waals surface area contributed by atoms with Crippen LogP contribution >= 0.6 is 0 Å². The van der Waals surface area contributed by atoms with E-state index in [2.05, 4.69) is 10.3 Å². The number of nitrogens with one attached hydrogen (secondary N) is 1. The first-order valence-corrected chi connectivity index (χ1v) is 10.6. The van der Waals surface area contributed by atoms with Crippen molar-refractivity contribution in [3.05, 3.63) is 29.6 Å². The van der Waals surface area contributed by atoms with Crippen LogP contribution in [-0.2, 0) is 9.59 Å². The van der Waals surface area contributed by atoms with Crippen LogP contribution in [0.25, 0.3) is 0 Å². The highest BCUT2D eigenvalue weighted by molar-refractivity contribution is 5.81. The maximum atomic E-state index is 12.9. The fourth-order valence-corrected chi connectivity index (χ4v) is 4.66. The summed E-state index contributed by atoms with van der Waals surface area (Å²) in [5.74, 6) is 1.24. The molecule has 0 spiro atoms. The van der Waals surface area contributed by atoms with Crippen molar-refractivity contribution >= 4 is 11.8 Å². The molecule has 1 N–H and O–H groups in total. The van der Waals surface area contributed by atoms with Gasteiger partial charge in [-0.3, -0.25) is 14.6 Å². The monoisotopic (exact) mass is 369 g/mol. The van der Waals surface area contributed by atoms with Gasteiger partial charge in [0.15, 0.2) is 0 Å². The number of hydrogen-bond donors (Lipinski definition) is 1. The predicted octanol–water partition coefficient (Wildman–Crippen LogP) is 3.39. The molecule has 0 unspecified atom stereocenters. The molecular formula is C22H31N3O2. The second kappa shape index (κ2) is 7.99. The molecule has 1 aromatic rings. The van der Waals surface area contributed by atoms with Gasteiger partial charge in [0.1, 0.15) is 0 Å². The highest BCUT2D eigenvalue weighted by Crippen LogP contribution is 2.40. The Morgan fingerprint density at radius 2 is 1.74 bits per heavy atom. The number of carbonyl (C=O) groups excluding carboxylic acids is 2. The van der Waals surface area contributed by atoms with E-state index in [1.807, 2.05) is 30.0 Å². The quantitative estimate of drug-likeness (QED) is 0.865. The first kappa shape index (κ1) is 18.5. The van der Waals surface area contributed by atoms with Crippen LogP contribution in [0.5, 0.6) is 0 Å². The van der Waals surface area contributed by atoms with Crippen LogP contribution in [0.4, 0.5) is 0 Å². The van der Waals surface area contributed by atoms with Crippen LogP contribution in [0, 0.1) is 24.7 Å². The molecule has 3 fully saturated rings. The van der Waals surface area contributed by atoms with Crippen LogP contribution in [0.15, 0.2) is 18.2 Å². The van der Waals surface area contributed by atoms with Crippen LogP contribution < -0.4 is 5.32 Å². The molecule has 1 saturated heterocycles. The molecule has 0 radical (unpaired) electrons. The van der Waals surface area contributed by atoms with E-state index in [9.17, 15) is 9.59 Å². The molecule has 146 valence electrons. The Morgan fingerprint density at radius 1 is 1.04 bits per heavy atom. The number of aromatic nitrogens is 1. The van der Waals surface area contributed by atoms with Gasteiger partial charge in [0.25, 0.3) is 0 Å². The smallest absolute Gasteiger partial charge is 0.225 e. The summed E-state index contributed by atoms with van der Waals surface area (Å²) in [6.45, 7) is 3.45. The van der Waals surface area contributed by atoms with Crippen molar-refractivity contribution < 1.29 is 9.59 Å². The van der Waals surface area contributed by atoms with E-state index in [0.29, 0.717) is 11.8 Å². The number of likely N-dealkylation sites (tertiary alicyclic amines) is 1. The highest BCUT2D eigenvalue weighted by Gasteiger charge is 2.37. The van der Waals surface area contributed by atoms with Crippen LogP contribution in [0.3, 0.4) is 0 Å². The Balaban J connectivity index is 1.32. The molecule has 5 heteroatoms. The largest absolute Gasteiger partial charge is 0.347 e. The fraction of sp³-hybridized carbons (Fsp3) is 0.682. The SMILES string of the molecule is Cc1cccc([C@@H](NC(=O)C2CCN(C(=O)C3CCCC3)CC2)C2CC2)n1. The molecule has 2 heterocycles. The molecule has 1 atom stereocenters. The van der Waals surface area contributed by atoms with Gasteiger partial charge < -0.3 is 10.2 Å². The summed E-state index contributed by atoms with van der Waals surface area (Å²) in [6.07, 6.45) is 8.35. The van der Waals surface area contributed by atoms with Crippen molar-refractivity contribution in [2.75, 3.05) is 13.1 Å². The minimum absolute atomic E-state index is 0.0173. The average Bonchev–Trinajstić information content (AvgIpc) is 3.38. The van der Waals surface area contributed by atoms with Gasteiger partial charge >= 0.3 is 0 Å². The number of amides is 2. The fourth-order valence-electron chi connectivity index (χ4n) is 4.66. The van der Waals surface area contributed by atoms with E-state index in [1.54, 1.807) is 0 Å². The molecule has 2 aliphatic carbocycles. The van der Waals surface area contributed by atoms with Gasteiger partial charge in [-0.05, 0) is 63.5 Å².